The average molecular weight is 482 g/mol. The highest BCUT2D eigenvalue weighted by Crippen LogP contribution is 2.29. The second-order valence-electron chi connectivity index (χ2n) is 7.57. The van der Waals surface area contributed by atoms with Crippen LogP contribution in [0, 0.1) is 0 Å². The molecule has 0 atom stereocenters. The fourth-order valence-electron chi connectivity index (χ4n) is 3.42. The van der Waals surface area contributed by atoms with Crippen LogP contribution in [-0.4, -0.2) is 30.6 Å². The highest BCUT2D eigenvalue weighted by atomic mass is 16.6. The van der Waals surface area contributed by atoms with Gasteiger partial charge in [-0.15, -0.1) is 0 Å². The molecule has 0 aliphatic rings. The predicted octanol–water partition coefficient (Wildman–Crippen LogP) is 4.55. The minimum atomic E-state index is -0.919. The van der Waals surface area contributed by atoms with Crippen LogP contribution in [0.25, 0.3) is 10.8 Å². The molecule has 0 saturated heterocycles. The lowest BCUT2D eigenvalue weighted by Gasteiger charge is -2.11. The largest absolute Gasteiger partial charge is 0.490 e. The number of rotatable bonds is 7. The Morgan fingerprint density at radius 1 is 0.833 bits per heavy atom. The molecule has 0 aliphatic heterocycles. The van der Waals surface area contributed by atoms with E-state index in [1.165, 1.54) is 6.21 Å². The van der Waals surface area contributed by atoms with E-state index in [1.807, 2.05) is 36.4 Å². The van der Waals surface area contributed by atoms with Crippen LogP contribution in [0.1, 0.15) is 22.8 Å². The van der Waals surface area contributed by atoms with Crippen molar-refractivity contribution in [1.29, 1.82) is 0 Å². The molecule has 0 aromatic heterocycles. The van der Waals surface area contributed by atoms with Crippen LogP contribution in [0.2, 0.25) is 0 Å². The molecule has 0 unspecified atom stereocenters. The SMILES string of the molecule is CCOc1cc(/C=N\NC(=O)C(=O)Nc2cccc3ccccc23)ccc1OC(=O)c1ccccc1. The molecule has 180 valence electrons. The molecule has 4 aromatic rings. The lowest BCUT2D eigenvalue weighted by Crippen LogP contribution is -2.32. The summed E-state index contributed by atoms with van der Waals surface area (Å²) in [5.74, 6) is -1.69. The lowest BCUT2D eigenvalue weighted by atomic mass is 10.1. The first kappa shape index (κ1) is 24.2. The van der Waals surface area contributed by atoms with Gasteiger partial charge in [0.2, 0.25) is 0 Å². The van der Waals surface area contributed by atoms with E-state index < -0.39 is 17.8 Å². The Kier molecular flexibility index (Phi) is 7.67. The van der Waals surface area contributed by atoms with E-state index in [4.69, 9.17) is 9.47 Å². The van der Waals surface area contributed by atoms with Crippen molar-refractivity contribution < 1.29 is 23.9 Å². The summed E-state index contributed by atoms with van der Waals surface area (Å²) in [6, 6.07) is 26.4. The lowest BCUT2D eigenvalue weighted by molar-refractivity contribution is -0.136. The number of ether oxygens (including phenoxy) is 2. The minimum absolute atomic E-state index is 0.251. The topological polar surface area (TPSA) is 106 Å². The number of esters is 1. The summed E-state index contributed by atoms with van der Waals surface area (Å²) in [6.07, 6.45) is 1.36. The summed E-state index contributed by atoms with van der Waals surface area (Å²) >= 11 is 0. The Labute approximate surface area is 207 Å². The molecular formula is C28H23N3O5. The van der Waals surface area contributed by atoms with Crippen molar-refractivity contribution in [2.24, 2.45) is 5.10 Å². The van der Waals surface area contributed by atoms with Gasteiger partial charge in [0, 0.05) is 11.1 Å². The predicted molar refractivity (Wildman–Crippen MR) is 137 cm³/mol. The van der Waals surface area contributed by atoms with E-state index in [0.717, 1.165) is 10.8 Å². The van der Waals surface area contributed by atoms with Crippen LogP contribution in [0.5, 0.6) is 11.5 Å². The summed E-state index contributed by atoms with van der Waals surface area (Å²) in [5, 5.41) is 8.22. The van der Waals surface area contributed by atoms with Crippen LogP contribution in [-0.2, 0) is 9.59 Å². The number of amides is 2. The van der Waals surface area contributed by atoms with Gasteiger partial charge >= 0.3 is 17.8 Å². The van der Waals surface area contributed by atoms with Gasteiger partial charge in [-0.25, -0.2) is 10.2 Å². The van der Waals surface area contributed by atoms with Gasteiger partial charge in [-0.1, -0.05) is 54.6 Å². The van der Waals surface area contributed by atoms with Crippen molar-refractivity contribution in [3.05, 3.63) is 102 Å². The van der Waals surface area contributed by atoms with Gasteiger partial charge in [-0.2, -0.15) is 5.10 Å². The van der Waals surface area contributed by atoms with Crippen LogP contribution in [0.15, 0.2) is 96.1 Å². The van der Waals surface area contributed by atoms with Gasteiger partial charge in [0.25, 0.3) is 0 Å². The molecule has 0 aliphatic carbocycles. The second kappa shape index (κ2) is 11.4. The summed E-state index contributed by atoms with van der Waals surface area (Å²) in [7, 11) is 0. The fraction of sp³-hybridized carbons (Fsp3) is 0.0714. The minimum Gasteiger partial charge on any atom is -0.490 e. The molecule has 4 aromatic carbocycles. The van der Waals surface area contributed by atoms with E-state index in [0.29, 0.717) is 29.2 Å². The van der Waals surface area contributed by atoms with Crippen LogP contribution in [0.4, 0.5) is 5.69 Å². The molecule has 36 heavy (non-hydrogen) atoms. The Morgan fingerprint density at radius 2 is 1.58 bits per heavy atom. The van der Waals surface area contributed by atoms with Crippen molar-refractivity contribution >= 4 is 40.5 Å². The highest BCUT2D eigenvalue weighted by molar-refractivity contribution is 6.40. The third-order valence-corrected chi connectivity index (χ3v) is 5.10. The fourth-order valence-corrected chi connectivity index (χ4v) is 3.42. The molecular weight excluding hydrogens is 458 g/mol. The van der Waals surface area contributed by atoms with E-state index in [-0.39, 0.29) is 5.75 Å². The molecule has 8 nitrogen and oxygen atoms in total. The molecule has 0 radical (unpaired) electrons. The third kappa shape index (κ3) is 5.92. The Balaban J connectivity index is 1.40. The highest BCUT2D eigenvalue weighted by Gasteiger charge is 2.15. The zero-order chi connectivity index (χ0) is 25.3. The maximum absolute atomic E-state index is 12.4. The molecule has 2 amide bonds. The van der Waals surface area contributed by atoms with Gasteiger partial charge in [0.05, 0.1) is 18.4 Å². The summed E-state index contributed by atoms with van der Waals surface area (Å²) in [6.45, 7) is 2.15. The smallest absolute Gasteiger partial charge is 0.343 e. The molecule has 8 heteroatoms. The maximum atomic E-state index is 12.4. The summed E-state index contributed by atoms with van der Waals surface area (Å²) < 4.78 is 11.1. The van der Waals surface area contributed by atoms with Gasteiger partial charge in [0.15, 0.2) is 11.5 Å². The Hall–Kier alpha value is -4.98. The number of nitrogens with zero attached hydrogens (tertiary/aromatic N) is 1. The van der Waals surface area contributed by atoms with E-state index in [9.17, 15) is 14.4 Å². The number of anilines is 1. The monoisotopic (exact) mass is 481 g/mol. The first-order valence-electron chi connectivity index (χ1n) is 11.2. The Bertz CT molecular complexity index is 1430. The van der Waals surface area contributed by atoms with Gasteiger partial charge < -0.3 is 14.8 Å². The van der Waals surface area contributed by atoms with Gasteiger partial charge in [0.1, 0.15) is 0 Å². The van der Waals surface area contributed by atoms with Crippen molar-refractivity contribution in [2.45, 2.75) is 6.92 Å². The quantitative estimate of drug-likeness (QED) is 0.132. The number of carbonyl (C=O) groups is 3. The number of nitrogens with one attached hydrogen (secondary N) is 2. The van der Waals surface area contributed by atoms with E-state index in [1.54, 1.807) is 61.5 Å². The second-order valence-corrected chi connectivity index (χ2v) is 7.57. The van der Waals surface area contributed by atoms with Crippen LogP contribution < -0.4 is 20.2 Å². The first-order chi connectivity index (χ1) is 17.5. The first-order valence-corrected chi connectivity index (χ1v) is 11.2. The van der Waals surface area contributed by atoms with Crippen molar-refractivity contribution in [2.75, 3.05) is 11.9 Å². The van der Waals surface area contributed by atoms with Crippen LogP contribution in [0.3, 0.4) is 0 Å². The van der Waals surface area contributed by atoms with E-state index in [2.05, 4.69) is 15.8 Å². The number of benzene rings is 4. The van der Waals surface area contributed by atoms with Crippen molar-refractivity contribution in [1.82, 2.24) is 5.43 Å². The summed E-state index contributed by atoms with van der Waals surface area (Å²) in [4.78, 5) is 37.0. The molecule has 0 fully saturated rings. The van der Waals surface area contributed by atoms with Crippen molar-refractivity contribution in [3.63, 3.8) is 0 Å². The average Bonchev–Trinajstić information content (AvgIpc) is 2.91. The zero-order valence-electron chi connectivity index (χ0n) is 19.4. The van der Waals surface area contributed by atoms with Gasteiger partial charge in [-0.3, -0.25) is 9.59 Å². The summed E-state index contributed by atoms with van der Waals surface area (Å²) in [5.41, 5.74) is 3.71. The maximum Gasteiger partial charge on any atom is 0.343 e. The third-order valence-electron chi connectivity index (χ3n) is 5.10. The number of hydrogen-bond donors (Lipinski definition) is 2. The Morgan fingerprint density at radius 3 is 2.39 bits per heavy atom. The molecule has 2 N–H and O–H groups in total. The molecule has 0 spiro atoms. The van der Waals surface area contributed by atoms with E-state index >= 15 is 0 Å². The van der Waals surface area contributed by atoms with Crippen molar-refractivity contribution in [3.8, 4) is 11.5 Å². The number of hydrogen-bond acceptors (Lipinski definition) is 6. The van der Waals surface area contributed by atoms with Crippen LogP contribution >= 0.6 is 0 Å². The normalized spacial score (nSPS) is 10.7. The molecule has 4 rings (SSSR count). The molecule has 0 bridgehead atoms. The number of fused-ring (bicyclic) bond motifs is 1. The number of carbonyl (C=O) groups excluding carboxylic acids is 3. The molecule has 0 heterocycles. The standard InChI is InChI=1S/C28H23N3O5/c1-2-35-25-17-19(15-16-24(25)36-28(34)21-10-4-3-5-11-21)18-29-31-27(33)26(32)30-23-14-8-12-20-9-6-7-13-22(20)23/h3-18H,2H2,1H3,(H,30,32)(H,31,33)/b29-18-. The number of hydrazone groups is 1. The molecule has 0 saturated carbocycles. The van der Waals surface area contributed by atoms with Gasteiger partial charge in [-0.05, 0) is 54.3 Å². The zero-order valence-corrected chi connectivity index (χ0v) is 19.4.